The summed E-state index contributed by atoms with van der Waals surface area (Å²) in [6.45, 7) is 3.94. The highest BCUT2D eigenvalue weighted by molar-refractivity contribution is 8.00. The fourth-order valence-electron chi connectivity index (χ4n) is 3.21. The van der Waals surface area contributed by atoms with Crippen LogP contribution in [0.5, 0.6) is 0 Å². The van der Waals surface area contributed by atoms with E-state index in [1.807, 2.05) is 34.1 Å². The van der Waals surface area contributed by atoms with Crippen molar-refractivity contribution < 1.29 is 14.3 Å². The molecule has 2 saturated heterocycles. The molecule has 2 aliphatic heterocycles. The van der Waals surface area contributed by atoms with E-state index in [2.05, 4.69) is 0 Å². The van der Waals surface area contributed by atoms with Crippen LogP contribution >= 0.6 is 23.4 Å². The van der Waals surface area contributed by atoms with Gasteiger partial charge in [-0.1, -0.05) is 23.7 Å². The van der Waals surface area contributed by atoms with Crippen molar-refractivity contribution in [2.24, 2.45) is 5.92 Å². The smallest absolute Gasteiger partial charge is 0.232 e. The van der Waals surface area contributed by atoms with Gasteiger partial charge in [0.05, 0.1) is 24.0 Å². The number of amides is 2. The fourth-order valence-corrected chi connectivity index (χ4v) is 4.35. The standard InChI is InChI=1S/C18H23ClN2O3S/c19-15-3-1-2-4-16(15)25-13-17(22)20-7-5-14(6-8-20)18(23)21-9-11-24-12-10-21/h1-4,14H,5-13H2. The maximum Gasteiger partial charge on any atom is 0.232 e. The molecule has 0 atom stereocenters. The number of nitrogens with zero attached hydrogens (tertiary/aromatic N) is 2. The van der Waals surface area contributed by atoms with Crippen LogP contribution in [0.4, 0.5) is 0 Å². The van der Waals surface area contributed by atoms with E-state index in [0.717, 1.165) is 17.7 Å². The topological polar surface area (TPSA) is 49.9 Å². The first-order valence-electron chi connectivity index (χ1n) is 8.67. The maximum atomic E-state index is 12.5. The molecule has 2 amide bonds. The van der Waals surface area contributed by atoms with Crippen molar-refractivity contribution in [1.29, 1.82) is 0 Å². The molecule has 2 aliphatic rings. The minimum atomic E-state index is 0.0402. The van der Waals surface area contributed by atoms with Gasteiger partial charge in [0, 0.05) is 37.0 Å². The first kappa shape index (κ1) is 18.5. The molecular formula is C18H23ClN2O3S. The highest BCUT2D eigenvalue weighted by Gasteiger charge is 2.30. The average Bonchev–Trinajstić information content (AvgIpc) is 2.67. The number of hydrogen-bond acceptors (Lipinski definition) is 4. The number of benzene rings is 1. The highest BCUT2D eigenvalue weighted by Crippen LogP contribution is 2.27. The van der Waals surface area contributed by atoms with Crippen LogP contribution in [-0.2, 0) is 14.3 Å². The van der Waals surface area contributed by atoms with E-state index in [9.17, 15) is 9.59 Å². The quantitative estimate of drug-likeness (QED) is 0.751. The molecule has 0 unspecified atom stereocenters. The molecule has 0 N–H and O–H groups in total. The third-order valence-corrected chi connectivity index (χ3v) is 6.21. The van der Waals surface area contributed by atoms with Crippen LogP contribution < -0.4 is 0 Å². The second-order valence-electron chi connectivity index (χ2n) is 6.31. The van der Waals surface area contributed by atoms with Gasteiger partial charge in [0.15, 0.2) is 0 Å². The average molecular weight is 383 g/mol. The number of morpholine rings is 1. The molecule has 0 spiro atoms. The van der Waals surface area contributed by atoms with Crippen molar-refractivity contribution in [2.75, 3.05) is 45.1 Å². The van der Waals surface area contributed by atoms with Crippen LogP contribution in [0.1, 0.15) is 12.8 Å². The molecule has 7 heteroatoms. The van der Waals surface area contributed by atoms with Gasteiger partial charge >= 0.3 is 0 Å². The zero-order valence-corrected chi connectivity index (χ0v) is 15.7. The number of carbonyl (C=O) groups is 2. The number of halogens is 1. The van der Waals surface area contributed by atoms with Gasteiger partial charge in [-0.25, -0.2) is 0 Å². The zero-order chi connectivity index (χ0) is 17.6. The molecule has 0 bridgehead atoms. The van der Waals surface area contributed by atoms with Crippen molar-refractivity contribution in [3.63, 3.8) is 0 Å². The van der Waals surface area contributed by atoms with Crippen molar-refractivity contribution in [2.45, 2.75) is 17.7 Å². The predicted octanol–water partition coefficient (Wildman–Crippen LogP) is 2.53. The fraction of sp³-hybridized carbons (Fsp3) is 0.556. The lowest BCUT2D eigenvalue weighted by molar-refractivity contribution is -0.143. The van der Waals surface area contributed by atoms with E-state index in [4.69, 9.17) is 16.3 Å². The Bertz CT molecular complexity index is 614. The summed E-state index contributed by atoms with van der Waals surface area (Å²) in [5.41, 5.74) is 0. The number of rotatable bonds is 4. The van der Waals surface area contributed by atoms with E-state index >= 15 is 0 Å². The summed E-state index contributed by atoms with van der Waals surface area (Å²) < 4.78 is 5.30. The summed E-state index contributed by atoms with van der Waals surface area (Å²) in [5, 5.41) is 0.676. The summed E-state index contributed by atoms with van der Waals surface area (Å²) in [5.74, 6) is 0.757. The third kappa shape index (κ3) is 4.90. The normalized spacial score (nSPS) is 19.1. The van der Waals surface area contributed by atoms with E-state index in [0.29, 0.717) is 50.2 Å². The van der Waals surface area contributed by atoms with Gasteiger partial charge in [-0.2, -0.15) is 0 Å². The van der Waals surface area contributed by atoms with Crippen LogP contribution in [0.3, 0.4) is 0 Å². The lowest BCUT2D eigenvalue weighted by Crippen LogP contribution is -2.47. The zero-order valence-electron chi connectivity index (χ0n) is 14.2. The number of likely N-dealkylation sites (tertiary alicyclic amines) is 1. The Hall–Kier alpha value is -1.24. The van der Waals surface area contributed by atoms with Crippen LogP contribution in [0.2, 0.25) is 5.02 Å². The van der Waals surface area contributed by atoms with Crippen LogP contribution in [0, 0.1) is 5.92 Å². The number of thioether (sulfide) groups is 1. The van der Waals surface area contributed by atoms with Gasteiger partial charge in [0.2, 0.25) is 11.8 Å². The molecule has 2 fully saturated rings. The van der Waals surface area contributed by atoms with Crippen molar-refractivity contribution in [3.8, 4) is 0 Å². The molecule has 2 heterocycles. The number of piperidine rings is 1. The first-order chi connectivity index (χ1) is 12.1. The van der Waals surface area contributed by atoms with Gasteiger partial charge in [-0.05, 0) is 25.0 Å². The lowest BCUT2D eigenvalue weighted by Gasteiger charge is -2.35. The predicted molar refractivity (Wildman–Crippen MR) is 98.9 cm³/mol. The summed E-state index contributed by atoms with van der Waals surface area (Å²) in [6.07, 6.45) is 1.50. The van der Waals surface area contributed by atoms with Crippen LogP contribution in [0.15, 0.2) is 29.2 Å². The SMILES string of the molecule is O=C(CSc1ccccc1Cl)N1CCC(C(=O)N2CCOCC2)CC1. The minimum absolute atomic E-state index is 0.0402. The summed E-state index contributed by atoms with van der Waals surface area (Å²) in [4.78, 5) is 29.6. The Morgan fingerprint density at radius 3 is 2.44 bits per heavy atom. The molecule has 1 aromatic carbocycles. The maximum absolute atomic E-state index is 12.5. The number of hydrogen-bond donors (Lipinski definition) is 0. The minimum Gasteiger partial charge on any atom is -0.378 e. The second-order valence-corrected chi connectivity index (χ2v) is 7.74. The van der Waals surface area contributed by atoms with Crippen molar-refractivity contribution >= 4 is 35.2 Å². The van der Waals surface area contributed by atoms with Gasteiger partial charge in [-0.3, -0.25) is 9.59 Å². The summed E-state index contributed by atoms with van der Waals surface area (Å²) >= 11 is 7.59. The molecule has 136 valence electrons. The Kier molecular flexibility index (Phi) is 6.62. The molecule has 1 aromatic rings. The molecule has 0 aromatic heterocycles. The van der Waals surface area contributed by atoms with E-state index in [1.165, 1.54) is 11.8 Å². The van der Waals surface area contributed by atoms with Crippen LogP contribution in [0.25, 0.3) is 0 Å². The monoisotopic (exact) mass is 382 g/mol. The molecule has 0 radical (unpaired) electrons. The molecule has 3 rings (SSSR count). The van der Waals surface area contributed by atoms with E-state index in [-0.39, 0.29) is 17.7 Å². The Morgan fingerprint density at radius 2 is 1.76 bits per heavy atom. The molecule has 25 heavy (non-hydrogen) atoms. The van der Waals surface area contributed by atoms with E-state index < -0.39 is 0 Å². The first-order valence-corrected chi connectivity index (χ1v) is 10.0. The van der Waals surface area contributed by atoms with Gasteiger partial charge < -0.3 is 14.5 Å². The highest BCUT2D eigenvalue weighted by atomic mass is 35.5. The Labute approximate surface area is 157 Å². The van der Waals surface area contributed by atoms with Crippen molar-refractivity contribution in [3.05, 3.63) is 29.3 Å². The largest absolute Gasteiger partial charge is 0.378 e. The molecular weight excluding hydrogens is 360 g/mol. The van der Waals surface area contributed by atoms with E-state index in [1.54, 1.807) is 0 Å². The van der Waals surface area contributed by atoms with Gasteiger partial charge in [0.1, 0.15) is 0 Å². The summed E-state index contributed by atoms with van der Waals surface area (Å²) in [7, 11) is 0. The third-order valence-electron chi connectivity index (χ3n) is 4.71. The van der Waals surface area contributed by atoms with Crippen LogP contribution in [-0.4, -0.2) is 66.8 Å². The summed E-state index contributed by atoms with van der Waals surface area (Å²) in [6, 6.07) is 7.55. The Balaban J connectivity index is 1.44. The second kappa shape index (κ2) is 8.92. The van der Waals surface area contributed by atoms with Gasteiger partial charge in [-0.15, -0.1) is 11.8 Å². The number of carbonyl (C=O) groups excluding carboxylic acids is 2. The Morgan fingerprint density at radius 1 is 1.08 bits per heavy atom. The molecule has 5 nitrogen and oxygen atoms in total. The molecule has 0 aliphatic carbocycles. The lowest BCUT2D eigenvalue weighted by atomic mass is 9.95. The molecule has 0 saturated carbocycles. The van der Waals surface area contributed by atoms with Crippen molar-refractivity contribution in [1.82, 2.24) is 9.80 Å². The van der Waals surface area contributed by atoms with Gasteiger partial charge in [0.25, 0.3) is 0 Å². The number of ether oxygens (including phenoxy) is 1.